The minimum absolute atomic E-state index is 0.198. The Morgan fingerprint density at radius 3 is 1.93 bits per heavy atom. The van der Waals surface area contributed by atoms with Crippen LogP contribution >= 0.6 is 38.5 Å². The largest absolute Gasteiger partial charge is 0.460 e. The van der Waals surface area contributed by atoms with Gasteiger partial charge in [-0.25, -0.2) is 0 Å². The maximum absolute atomic E-state index is 13.5. The van der Waals surface area contributed by atoms with E-state index < -0.39 is 45.9 Å². The van der Waals surface area contributed by atoms with Crippen LogP contribution in [0.4, 0.5) is 39.5 Å². The third-order valence-electron chi connectivity index (χ3n) is 3.26. The first-order valence-corrected chi connectivity index (χ1v) is 9.01. The van der Waals surface area contributed by atoms with E-state index in [0.717, 1.165) is 22.6 Å². The molecule has 0 bridgehead atoms. The van der Waals surface area contributed by atoms with Gasteiger partial charge in [0.2, 0.25) is 0 Å². The van der Waals surface area contributed by atoms with E-state index in [1.54, 1.807) is 12.1 Å². The molecule has 1 N–H and O–H groups in total. The van der Waals surface area contributed by atoms with Crippen molar-refractivity contribution in [2.75, 3.05) is 6.54 Å². The standard InChI is InChI=1S/C15H10BrF9INO/c16-9-3-1-8(2-4-9)11(28)27-6-5-10(26)7-12(17,18)13(19,20)14(21,22)15(23,24)25/h1-4,7H,5-6H2,(H,27,28). The molecule has 28 heavy (non-hydrogen) atoms. The number of allylic oxidation sites excluding steroid dienone is 1. The van der Waals surface area contributed by atoms with Gasteiger partial charge in [0.05, 0.1) is 0 Å². The number of alkyl halides is 9. The van der Waals surface area contributed by atoms with Gasteiger partial charge in [-0.05, 0) is 56.9 Å². The molecule has 13 heteroatoms. The fraction of sp³-hybridized carbons (Fsp3) is 0.400. The first-order valence-electron chi connectivity index (χ1n) is 7.14. The molecule has 1 rings (SSSR count). The first-order chi connectivity index (χ1) is 12.5. The van der Waals surface area contributed by atoms with Crippen LogP contribution in [0.5, 0.6) is 0 Å². The molecule has 0 fully saturated rings. The van der Waals surface area contributed by atoms with E-state index >= 15 is 0 Å². The van der Waals surface area contributed by atoms with Crippen LogP contribution in [0.15, 0.2) is 38.4 Å². The summed E-state index contributed by atoms with van der Waals surface area (Å²) in [5.74, 6) is -20.0. The van der Waals surface area contributed by atoms with Gasteiger partial charge in [-0.3, -0.25) is 4.79 Å². The Kier molecular flexibility index (Phi) is 7.87. The molecule has 0 heterocycles. The van der Waals surface area contributed by atoms with Crippen molar-refractivity contribution in [1.29, 1.82) is 0 Å². The quantitative estimate of drug-likeness (QED) is 0.288. The lowest BCUT2D eigenvalue weighted by Gasteiger charge is -2.32. The van der Waals surface area contributed by atoms with Crippen molar-refractivity contribution in [2.45, 2.75) is 30.4 Å². The summed E-state index contributed by atoms with van der Waals surface area (Å²) in [6, 6.07) is 5.94. The highest BCUT2D eigenvalue weighted by atomic mass is 127. The van der Waals surface area contributed by atoms with Crippen LogP contribution in [0, 0.1) is 0 Å². The fourth-order valence-electron chi connectivity index (χ4n) is 1.75. The molecule has 0 saturated heterocycles. The molecule has 0 aliphatic carbocycles. The van der Waals surface area contributed by atoms with Gasteiger partial charge in [-0.2, -0.15) is 39.5 Å². The van der Waals surface area contributed by atoms with Crippen molar-refractivity contribution in [3.05, 3.63) is 44.0 Å². The molecule has 0 radical (unpaired) electrons. The molecular formula is C15H10BrF9INO. The summed E-state index contributed by atoms with van der Waals surface area (Å²) in [5, 5.41) is 2.27. The Morgan fingerprint density at radius 1 is 0.964 bits per heavy atom. The zero-order valence-corrected chi connectivity index (χ0v) is 17.1. The lowest BCUT2D eigenvalue weighted by Crippen LogP contribution is -2.60. The van der Waals surface area contributed by atoms with E-state index in [1.165, 1.54) is 12.1 Å². The molecule has 2 nitrogen and oxygen atoms in total. The number of hydrogen-bond donors (Lipinski definition) is 1. The molecule has 0 aliphatic rings. The SMILES string of the molecule is O=C(NCCC(I)=CC(F)(F)C(F)(F)C(F)(F)C(F)(F)F)c1ccc(Br)cc1. The Morgan fingerprint density at radius 2 is 1.46 bits per heavy atom. The van der Waals surface area contributed by atoms with Gasteiger partial charge in [-0.15, -0.1) is 0 Å². The number of benzene rings is 1. The summed E-state index contributed by atoms with van der Waals surface area (Å²) in [6.45, 7) is -0.346. The molecular weight excluding hydrogens is 588 g/mol. The zero-order chi connectivity index (χ0) is 22.0. The van der Waals surface area contributed by atoms with E-state index in [0.29, 0.717) is 4.47 Å². The molecule has 0 atom stereocenters. The van der Waals surface area contributed by atoms with Crippen LogP contribution in [0.25, 0.3) is 0 Å². The fourth-order valence-corrected chi connectivity index (χ4v) is 2.67. The summed E-state index contributed by atoms with van der Waals surface area (Å²) in [6.07, 6.45) is -8.02. The number of rotatable bonds is 7. The number of nitrogens with one attached hydrogen (secondary N) is 1. The lowest BCUT2D eigenvalue weighted by atomic mass is 10.0. The molecule has 0 aromatic heterocycles. The molecule has 158 valence electrons. The number of carbonyl (C=O) groups excluding carboxylic acids is 1. The van der Waals surface area contributed by atoms with E-state index in [2.05, 4.69) is 21.2 Å². The summed E-state index contributed by atoms with van der Waals surface area (Å²) >= 11 is 4.23. The molecule has 0 saturated carbocycles. The molecule has 1 amide bonds. The second-order valence-electron chi connectivity index (χ2n) is 5.37. The zero-order valence-electron chi connectivity index (χ0n) is 13.4. The predicted molar refractivity (Wildman–Crippen MR) is 94.1 cm³/mol. The molecule has 0 unspecified atom stereocenters. The van der Waals surface area contributed by atoms with Crippen LogP contribution in [0.2, 0.25) is 0 Å². The second-order valence-corrected chi connectivity index (χ2v) is 7.67. The first kappa shape index (κ1) is 25.0. The number of amides is 1. The lowest BCUT2D eigenvalue weighted by molar-refractivity contribution is -0.388. The van der Waals surface area contributed by atoms with Crippen LogP contribution in [-0.4, -0.2) is 36.4 Å². The smallest absolute Gasteiger partial charge is 0.352 e. The third-order valence-corrected chi connectivity index (χ3v) is 4.64. The average Bonchev–Trinajstić information content (AvgIpc) is 2.53. The summed E-state index contributed by atoms with van der Waals surface area (Å²) in [7, 11) is 0. The number of carbonyl (C=O) groups is 1. The van der Waals surface area contributed by atoms with Crippen molar-refractivity contribution in [3.8, 4) is 0 Å². The maximum atomic E-state index is 13.5. The topological polar surface area (TPSA) is 29.1 Å². The van der Waals surface area contributed by atoms with Crippen LogP contribution in [0.3, 0.4) is 0 Å². The van der Waals surface area contributed by atoms with Gasteiger partial charge in [0.1, 0.15) is 0 Å². The predicted octanol–water partition coefficient (Wildman–Crippen LogP) is 6.36. The van der Waals surface area contributed by atoms with Crippen molar-refractivity contribution in [1.82, 2.24) is 5.32 Å². The second kappa shape index (κ2) is 8.79. The van der Waals surface area contributed by atoms with Gasteiger partial charge in [-0.1, -0.05) is 15.9 Å². The van der Waals surface area contributed by atoms with Crippen molar-refractivity contribution >= 4 is 44.4 Å². The van der Waals surface area contributed by atoms with Crippen molar-refractivity contribution < 1.29 is 44.3 Å². The van der Waals surface area contributed by atoms with E-state index in [4.69, 9.17) is 0 Å². The van der Waals surface area contributed by atoms with Gasteiger partial charge in [0.25, 0.3) is 5.91 Å². The van der Waals surface area contributed by atoms with E-state index in [9.17, 15) is 44.3 Å². The van der Waals surface area contributed by atoms with Crippen LogP contribution < -0.4 is 5.32 Å². The minimum atomic E-state index is -6.94. The highest BCUT2D eigenvalue weighted by Gasteiger charge is 2.81. The van der Waals surface area contributed by atoms with Gasteiger partial charge < -0.3 is 5.32 Å². The molecule has 0 aliphatic heterocycles. The van der Waals surface area contributed by atoms with Crippen LogP contribution in [0.1, 0.15) is 16.8 Å². The van der Waals surface area contributed by atoms with Crippen LogP contribution in [-0.2, 0) is 0 Å². The normalized spacial score (nSPS) is 14.2. The van der Waals surface area contributed by atoms with Gasteiger partial charge in [0.15, 0.2) is 0 Å². The Balaban J connectivity index is 2.80. The highest BCUT2D eigenvalue weighted by Crippen LogP contribution is 2.53. The van der Waals surface area contributed by atoms with Gasteiger partial charge in [0, 0.05) is 22.7 Å². The third kappa shape index (κ3) is 5.54. The minimum Gasteiger partial charge on any atom is -0.352 e. The monoisotopic (exact) mass is 597 g/mol. The van der Waals surface area contributed by atoms with Crippen molar-refractivity contribution in [3.63, 3.8) is 0 Å². The summed E-state index contributed by atoms with van der Waals surface area (Å²) < 4.78 is 115. The average molecular weight is 598 g/mol. The van der Waals surface area contributed by atoms with Crippen molar-refractivity contribution in [2.24, 2.45) is 0 Å². The Bertz CT molecular complexity index is 732. The van der Waals surface area contributed by atoms with E-state index in [1.807, 2.05) is 0 Å². The molecule has 1 aromatic carbocycles. The highest BCUT2D eigenvalue weighted by molar-refractivity contribution is 14.1. The maximum Gasteiger partial charge on any atom is 0.460 e. The Labute approximate surface area is 174 Å². The molecule has 0 spiro atoms. The number of halogens is 11. The molecule has 1 aromatic rings. The van der Waals surface area contributed by atoms with E-state index in [-0.39, 0.29) is 12.1 Å². The Hall–Kier alpha value is -0.990. The summed E-state index contributed by atoms with van der Waals surface area (Å²) in [5.41, 5.74) is 0.198. The number of hydrogen-bond acceptors (Lipinski definition) is 1. The van der Waals surface area contributed by atoms with Gasteiger partial charge >= 0.3 is 23.9 Å². The summed E-state index contributed by atoms with van der Waals surface area (Å²) in [4.78, 5) is 11.8.